The second-order valence-corrected chi connectivity index (χ2v) is 6.64. The molecule has 4 nitrogen and oxygen atoms in total. The van der Waals surface area contributed by atoms with Crippen molar-refractivity contribution in [3.05, 3.63) is 83.4 Å². The average molecular weight is 353 g/mol. The molecule has 0 spiro atoms. The van der Waals surface area contributed by atoms with Crippen molar-refractivity contribution in [2.24, 2.45) is 0 Å². The molecule has 0 unspecified atom stereocenters. The van der Waals surface area contributed by atoms with Crippen molar-refractivity contribution < 1.29 is 9.90 Å². The van der Waals surface area contributed by atoms with E-state index >= 15 is 0 Å². The zero-order valence-electron chi connectivity index (χ0n) is 15.1. The summed E-state index contributed by atoms with van der Waals surface area (Å²) >= 11 is 0. The number of rotatable bonds is 3. The molecule has 0 N–H and O–H groups in total. The van der Waals surface area contributed by atoms with Crippen molar-refractivity contribution in [2.75, 3.05) is 0 Å². The van der Waals surface area contributed by atoms with Crippen LogP contribution in [-0.4, -0.2) is 15.9 Å². The summed E-state index contributed by atoms with van der Waals surface area (Å²) in [7, 11) is 0. The standard InChI is InChI=1S/C23H18N2O2/c1-14-3-7-16(8-4-14)21-22(17-9-5-15(2)6-10-17)25-20-13-18(23(26)27)11-12-19(20)24-21/h3-13H,1-2H3,(H,26,27)/p-1. The lowest BCUT2D eigenvalue weighted by molar-refractivity contribution is -0.255. The molecule has 4 aromatic rings. The zero-order chi connectivity index (χ0) is 19.0. The van der Waals surface area contributed by atoms with Gasteiger partial charge in [-0.3, -0.25) is 0 Å². The van der Waals surface area contributed by atoms with Gasteiger partial charge in [0.25, 0.3) is 0 Å². The largest absolute Gasteiger partial charge is 0.545 e. The molecule has 4 heteroatoms. The summed E-state index contributed by atoms with van der Waals surface area (Å²) < 4.78 is 0. The van der Waals surface area contributed by atoms with Crippen LogP contribution in [0.5, 0.6) is 0 Å². The van der Waals surface area contributed by atoms with Crippen molar-refractivity contribution in [3.8, 4) is 22.5 Å². The normalized spacial score (nSPS) is 10.9. The molecule has 1 aromatic heterocycles. The molecule has 0 aliphatic heterocycles. The van der Waals surface area contributed by atoms with Crippen molar-refractivity contribution in [1.82, 2.24) is 9.97 Å². The van der Waals surface area contributed by atoms with E-state index in [1.54, 1.807) is 6.07 Å². The topological polar surface area (TPSA) is 65.9 Å². The number of aromatic carboxylic acids is 1. The van der Waals surface area contributed by atoms with E-state index in [0.717, 1.165) is 28.1 Å². The highest BCUT2D eigenvalue weighted by atomic mass is 16.4. The Morgan fingerprint density at radius 1 is 0.704 bits per heavy atom. The Morgan fingerprint density at radius 3 is 1.67 bits per heavy atom. The second-order valence-electron chi connectivity index (χ2n) is 6.64. The fourth-order valence-corrected chi connectivity index (χ4v) is 3.01. The van der Waals surface area contributed by atoms with E-state index in [1.165, 1.54) is 17.7 Å². The van der Waals surface area contributed by atoms with Crippen molar-refractivity contribution in [3.63, 3.8) is 0 Å². The monoisotopic (exact) mass is 353 g/mol. The van der Waals surface area contributed by atoms with Gasteiger partial charge in [0.1, 0.15) is 0 Å². The van der Waals surface area contributed by atoms with Crippen LogP contribution < -0.4 is 5.11 Å². The lowest BCUT2D eigenvalue weighted by Crippen LogP contribution is -2.22. The van der Waals surface area contributed by atoms with Crippen LogP contribution in [0.25, 0.3) is 33.5 Å². The van der Waals surface area contributed by atoms with Gasteiger partial charge in [0, 0.05) is 11.1 Å². The predicted molar refractivity (Wildman–Crippen MR) is 104 cm³/mol. The highest BCUT2D eigenvalue weighted by Crippen LogP contribution is 2.31. The van der Waals surface area contributed by atoms with Crippen LogP contribution in [-0.2, 0) is 0 Å². The van der Waals surface area contributed by atoms with Crippen LogP contribution in [0.3, 0.4) is 0 Å². The molecule has 27 heavy (non-hydrogen) atoms. The third-order valence-electron chi connectivity index (χ3n) is 4.55. The number of aryl methyl sites for hydroxylation is 2. The minimum atomic E-state index is -1.22. The molecule has 132 valence electrons. The van der Waals surface area contributed by atoms with Crippen LogP contribution >= 0.6 is 0 Å². The minimum absolute atomic E-state index is 0.0924. The summed E-state index contributed by atoms with van der Waals surface area (Å²) in [6, 6.07) is 20.9. The molecule has 0 aliphatic carbocycles. The van der Waals surface area contributed by atoms with Gasteiger partial charge in [0.2, 0.25) is 0 Å². The number of carbonyl (C=O) groups is 1. The number of carboxylic acid groups (broad SMARTS) is 1. The van der Waals surface area contributed by atoms with E-state index in [0.29, 0.717) is 11.0 Å². The Balaban J connectivity index is 2.00. The highest BCUT2D eigenvalue weighted by Gasteiger charge is 2.13. The van der Waals surface area contributed by atoms with Gasteiger partial charge < -0.3 is 9.90 Å². The Hall–Kier alpha value is -3.53. The number of carbonyl (C=O) groups excluding carboxylic acids is 1. The summed E-state index contributed by atoms with van der Waals surface area (Å²) in [5, 5.41) is 11.2. The summed E-state index contributed by atoms with van der Waals surface area (Å²) in [6.45, 7) is 4.07. The number of benzene rings is 3. The summed E-state index contributed by atoms with van der Waals surface area (Å²) in [5.74, 6) is -1.22. The smallest absolute Gasteiger partial charge is 0.0973 e. The van der Waals surface area contributed by atoms with Gasteiger partial charge in [-0.15, -0.1) is 0 Å². The molecule has 0 saturated heterocycles. The van der Waals surface area contributed by atoms with E-state index in [-0.39, 0.29) is 5.56 Å². The van der Waals surface area contributed by atoms with Crippen LogP contribution in [0.2, 0.25) is 0 Å². The fourth-order valence-electron chi connectivity index (χ4n) is 3.01. The summed E-state index contributed by atoms with van der Waals surface area (Å²) in [4.78, 5) is 20.8. The quantitative estimate of drug-likeness (QED) is 0.559. The molecule has 0 atom stereocenters. The van der Waals surface area contributed by atoms with Gasteiger partial charge in [0.05, 0.1) is 28.4 Å². The fraction of sp³-hybridized carbons (Fsp3) is 0.0870. The van der Waals surface area contributed by atoms with Crippen molar-refractivity contribution in [2.45, 2.75) is 13.8 Å². The number of hydrogen-bond acceptors (Lipinski definition) is 4. The first-order valence-corrected chi connectivity index (χ1v) is 8.68. The zero-order valence-corrected chi connectivity index (χ0v) is 15.1. The second kappa shape index (κ2) is 6.65. The Kier molecular flexibility index (Phi) is 4.16. The van der Waals surface area contributed by atoms with Crippen LogP contribution in [0.1, 0.15) is 21.5 Å². The number of hydrogen-bond donors (Lipinski definition) is 0. The maximum atomic E-state index is 11.2. The maximum absolute atomic E-state index is 11.2. The van der Waals surface area contributed by atoms with Crippen LogP contribution in [0, 0.1) is 13.8 Å². The molecular formula is C23H17N2O2-. The average Bonchev–Trinajstić information content (AvgIpc) is 2.68. The molecule has 0 amide bonds. The maximum Gasteiger partial charge on any atom is 0.0973 e. The van der Waals surface area contributed by atoms with E-state index < -0.39 is 5.97 Å². The third-order valence-corrected chi connectivity index (χ3v) is 4.55. The Bertz CT molecular complexity index is 1150. The first kappa shape index (κ1) is 16.9. The Labute approximate surface area is 157 Å². The lowest BCUT2D eigenvalue weighted by Gasteiger charge is -2.12. The van der Waals surface area contributed by atoms with Crippen LogP contribution in [0.15, 0.2) is 66.7 Å². The Morgan fingerprint density at radius 2 is 1.19 bits per heavy atom. The van der Waals surface area contributed by atoms with Gasteiger partial charge in [0.15, 0.2) is 0 Å². The summed E-state index contributed by atoms with van der Waals surface area (Å²) in [6.07, 6.45) is 0. The van der Waals surface area contributed by atoms with Gasteiger partial charge in [-0.25, -0.2) is 9.97 Å². The number of nitrogens with zero attached hydrogens (tertiary/aromatic N) is 2. The van der Waals surface area contributed by atoms with Gasteiger partial charge in [-0.1, -0.05) is 65.7 Å². The number of aromatic nitrogens is 2. The van der Waals surface area contributed by atoms with E-state index in [2.05, 4.69) is 0 Å². The molecule has 0 bridgehead atoms. The van der Waals surface area contributed by atoms with Crippen LogP contribution in [0.4, 0.5) is 0 Å². The molecular weight excluding hydrogens is 336 g/mol. The molecule has 4 rings (SSSR count). The van der Waals surface area contributed by atoms with E-state index in [1.807, 2.05) is 62.4 Å². The summed E-state index contributed by atoms with van der Waals surface area (Å²) in [5.41, 5.74) is 6.99. The third kappa shape index (κ3) is 3.29. The number of fused-ring (bicyclic) bond motifs is 1. The molecule has 0 radical (unpaired) electrons. The minimum Gasteiger partial charge on any atom is -0.545 e. The molecule has 0 fully saturated rings. The van der Waals surface area contributed by atoms with Crippen molar-refractivity contribution in [1.29, 1.82) is 0 Å². The van der Waals surface area contributed by atoms with Gasteiger partial charge in [-0.05, 0) is 31.5 Å². The molecule has 1 heterocycles. The first-order valence-electron chi connectivity index (χ1n) is 8.68. The van der Waals surface area contributed by atoms with Gasteiger partial charge in [-0.2, -0.15) is 0 Å². The van der Waals surface area contributed by atoms with E-state index in [9.17, 15) is 9.90 Å². The molecule has 0 saturated carbocycles. The van der Waals surface area contributed by atoms with E-state index in [4.69, 9.17) is 9.97 Å². The van der Waals surface area contributed by atoms with Gasteiger partial charge >= 0.3 is 0 Å². The molecule has 0 aliphatic rings. The molecule has 3 aromatic carbocycles. The lowest BCUT2D eigenvalue weighted by atomic mass is 10.0. The SMILES string of the molecule is Cc1ccc(-c2nc3ccc(C(=O)[O-])cc3nc2-c2ccc(C)cc2)cc1. The highest BCUT2D eigenvalue weighted by molar-refractivity contribution is 5.93. The predicted octanol–water partition coefficient (Wildman–Crippen LogP) is 3.94. The van der Waals surface area contributed by atoms with Crippen molar-refractivity contribution >= 4 is 17.0 Å². The number of carboxylic acids is 1. The first-order chi connectivity index (χ1) is 13.0.